The molecule has 2 fully saturated rings. The summed E-state index contributed by atoms with van der Waals surface area (Å²) in [6.45, 7) is 0.553. The number of hydrogen-bond acceptors (Lipinski definition) is 4. The third-order valence-corrected chi connectivity index (χ3v) is 4.60. The molecule has 0 bridgehead atoms. The minimum absolute atomic E-state index is 0.0218. The lowest BCUT2D eigenvalue weighted by Crippen LogP contribution is -2.40. The SMILES string of the molecule is O=C(CCO)N1CC[C@H]2[C@@H]1CC(=O)N2c1ccsc1. The molecule has 2 aliphatic rings. The summed E-state index contributed by atoms with van der Waals surface area (Å²) in [7, 11) is 0. The number of aliphatic hydroxyl groups excluding tert-OH is 1. The molecule has 2 saturated heterocycles. The molecule has 1 aromatic rings. The minimum atomic E-state index is -0.130. The molecule has 0 spiro atoms. The van der Waals surface area contributed by atoms with Crippen molar-refractivity contribution in [2.24, 2.45) is 0 Å². The average Bonchev–Trinajstić information content (AvgIpc) is 3.04. The van der Waals surface area contributed by atoms with Crippen LogP contribution in [0.2, 0.25) is 0 Å². The van der Waals surface area contributed by atoms with Crippen LogP contribution in [0.4, 0.5) is 5.69 Å². The van der Waals surface area contributed by atoms with E-state index in [4.69, 9.17) is 5.11 Å². The number of carbonyl (C=O) groups is 2. The summed E-state index contributed by atoms with van der Waals surface area (Å²) in [6.07, 6.45) is 1.37. The van der Waals surface area contributed by atoms with Gasteiger partial charge in [0.05, 0.1) is 24.4 Å². The molecular weight excluding hydrogens is 264 g/mol. The Kier molecular flexibility index (Phi) is 3.28. The minimum Gasteiger partial charge on any atom is -0.396 e. The first-order chi connectivity index (χ1) is 9.22. The second-order valence-electron chi connectivity index (χ2n) is 4.93. The van der Waals surface area contributed by atoms with Crippen molar-refractivity contribution >= 4 is 28.8 Å². The molecule has 2 amide bonds. The Hall–Kier alpha value is -1.40. The van der Waals surface area contributed by atoms with Crippen LogP contribution in [0.1, 0.15) is 19.3 Å². The normalized spacial score (nSPS) is 26.1. The number of amides is 2. The van der Waals surface area contributed by atoms with E-state index in [1.807, 2.05) is 21.7 Å². The molecule has 0 aliphatic carbocycles. The first-order valence-electron chi connectivity index (χ1n) is 6.47. The topological polar surface area (TPSA) is 60.9 Å². The Morgan fingerprint density at radius 3 is 3.00 bits per heavy atom. The Morgan fingerprint density at radius 1 is 1.47 bits per heavy atom. The molecule has 0 aromatic carbocycles. The van der Waals surface area contributed by atoms with Gasteiger partial charge < -0.3 is 14.9 Å². The predicted molar refractivity (Wildman–Crippen MR) is 72.0 cm³/mol. The Balaban J connectivity index is 1.80. The summed E-state index contributed by atoms with van der Waals surface area (Å²) in [4.78, 5) is 27.7. The van der Waals surface area contributed by atoms with Gasteiger partial charge in [-0.25, -0.2) is 0 Å². The maximum atomic E-state index is 12.2. The van der Waals surface area contributed by atoms with Crippen LogP contribution in [-0.4, -0.2) is 47.1 Å². The molecule has 102 valence electrons. The van der Waals surface area contributed by atoms with Gasteiger partial charge in [-0.1, -0.05) is 0 Å². The van der Waals surface area contributed by atoms with Crippen LogP contribution >= 0.6 is 11.3 Å². The van der Waals surface area contributed by atoms with E-state index in [2.05, 4.69) is 0 Å². The number of aliphatic hydroxyl groups is 1. The Morgan fingerprint density at radius 2 is 2.32 bits per heavy atom. The summed E-state index contributed by atoms with van der Waals surface area (Å²) < 4.78 is 0. The second kappa shape index (κ2) is 4.94. The molecule has 19 heavy (non-hydrogen) atoms. The van der Waals surface area contributed by atoms with E-state index in [1.165, 1.54) is 0 Å². The van der Waals surface area contributed by atoms with Gasteiger partial charge in [-0.05, 0) is 17.9 Å². The number of nitrogens with zero attached hydrogens (tertiary/aromatic N) is 2. The summed E-state index contributed by atoms with van der Waals surface area (Å²) >= 11 is 1.57. The van der Waals surface area contributed by atoms with Crippen molar-refractivity contribution in [3.8, 4) is 0 Å². The molecule has 2 aliphatic heterocycles. The van der Waals surface area contributed by atoms with Crippen LogP contribution in [0.25, 0.3) is 0 Å². The number of rotatable bonds is 3. The summed E-state index contributed by atoms with van der Waals surface area (Å²) in [5.41, 5.74) is 0.943. The summed E-state index contributed by atoms with van der Waals surface area (Å²) in [6, 6.07) is 2.03. The molecule has 6 heteroatoms. The summed E-state index contributed by atoms with van der Waals surface area (Å²) in [5, 5.41) is 12.8. The van der Waals surface area contributed by atoms with Crippen LogP contribution in [0.5, 0.6) is 0 Å². The lowest BCUT2D eigenvalue weighted by molar-refractivity contribution is -0.132. The van der Waals surface area contributed by atoms with Gasteiger partial charge in [0.2, 0.25) is 11.8 Å². The highest BCUT2D eigenvalue weighted by Gasteiger charge is 2.48. The summed E-state index contributed by atoms with van der Waals surface area (Å²) in [5.74, 6) is 0.0462. The molecule has 3 rings (SSSR count). The fraction of sp³-hybridized carbons (Fsp3) is 0.538. The number of anilines is 1. The lowest BCUT2D eigenvalue weighted by atomic mass is 10.1. The highest BCUT2D eigenvalue weighted by atomic mass is 32.1. The maximum absolute atomic E-state index is 12.2. The van der Waals surface area contributed by atoms with Crippen molar-refractivity contribution in [2.45, 2.75) is 31.3 Å². The van der Waals surface area contributed by atoms with Crippen LogP contribution in [0, 0.1) is 0 Å². The molecule has 1 N–H and O–H groups in total. The van der Waals surface area contributed by atoms with E-state index in [9.17, 15) is 9.59 Å². The van der Waals surface area contributed by atoms with Crippen molar-refractivity contribution in [3.63, 3.8) is 0 Å². The lowest BCUT2D eigenvalue weighted by Gasteiger charge is -2.24. The maximum Gasteiger partial charge on any atom is 0.229 e. The number of hydrogen-bond donors (Lipinski definition) is 1. The third kappa shape index (κ3) is 2.04. The van der Waals surface area contributed by atoms with Crippen molar-refractivity contribution in [1.29, 1.82) is 0 Å². The van der Waals surface area contributed by atoms with E-state index in [1.54, 1.807) is 16.2 Å². The Labute approximate surface area is 115 Å². The Bertz CT molecular complexity index is 488. The average molecular weight is 280 g/mol. The van der Waals surface area contributed by atoms with Gasteiger partial charge in [-0.2, -0.15) is 11.3 Å². The van der Waals surface area contributed by atoms with Gasteiger partial charge in [-0.15, -0.1) is 0 Å². The standard InChI is InChI=1S/C13H16N2O3S/c16-5-2-12(17)14-4-1-10-11(14)7-13(18)15(10)9-3-6-19-8-9/h3,6,8,10-11,16H,1-2,4-5,7H2/t10-,11-/m0/s1. The van der Waals surface area contributed by atoms with E-state index in [0.717, 1.165) is 12.1 Å². The molecule has 0 radical (unpaired) electrons. The van der Waals surface area contributed by atoms with Gasteiger partial charge >= 0.3 is 0 Å². The number of carbonyl (C=O) groups excluding carboxylic acids is 2. The molecule has 2 atom stereocenters. The zero-order valence-electron chi connectivity index (χ0n) is 10.5. The third-order valence-electron chi connectivity index (χ3n) is 3.92. The smallest absolute Gasteiger partial charge is 0.229 e. The largest absolute Gasteiger partial charge is 0.396 e. The van der Waals surface area contributed by atoms with Crippen LogP contribution in [0.15, 0.2) is 16.8 Å². The van der Waals surface area contributed by atoms with Gasteiger partial charge in [-0.3, -0.25) is 9.59 Å². The molecular formula is C13H16N2O3S. The van der Waals surface area contributed by atoms with E-state index in [0.29, 0.717) is 13.0 Å². The van der Waals surface area contributed by atoms with Gasteiger partial charge in [0.25, 0.3) is 0 Å². The van der Waals surface area contributed by atoms with Gasteiger partial charge in [0.15, 0.2) is 0 Å². The zero-order valence-corrected chi connectivity index (χ0v) is 11.3. The number of thiophene rings is 1. The first-order valence-corrected chi connectivity index (χ1v) is 7.41. The number of fused-ring (bicyclic) bond motifs is 1. The molecule has 5 nitrogen and oxygen atoms in total. The molecule has 1 aromatic heterocycles. The van der Waals surface area contributed by atoms with Crippen LogP contribution in [0.3, 0.4) is 0 Å². The fourth-order valence-corrected chi connectivity index (χ4v) is 3.75. The molecule has 0 saturated carbocycles. The second-order valence-corrected chi connectivity index (χ2v) is 5.71. The fourth-order valence-electron chi connectivity index (χ4n) is 3.13. The van der Waals surface area contributed by atoms with Crippen LogP contribution < -0.4 is 4.90 Å². The van der Waals surface area contributed by atoms with Gasteiger partial charge in [0.1, 0.15) is 0 Å². The number of likely N-dealkylation sites (tertiary alicyclic amines) is 1. The highest BCUT2D eigenvalue weighted by molar-refractivity contribution is 7.08. The highest BCUT2D eigenvalue weighted by Crippen LogP contribution is 2.36. The van der Waals surface area contributed by atoms with Crippen molar-refractivity contribution < 1.29 is 14.7 Å². The van der Waals surface area contributed by atoms with Gasteiger partial charge in [0, 0.05) is 24.8 Å². The van der Waals surface area contributed by atoms with E-state index < -0.39 is 0 Å². The monoisotopic (exact) mass is 280 g/mol. The predicted octanol–water partition coefficient (Wildman–Crippen LogP) is 0.837. The van der Waals surface area contributed by atoms with Crippen LogP contribution in [-0.2, 0) is 9.59 Å². The molecule has 3 heterocycles. The quantitative estimate of drug-likeness (QED) is 0.892. The first kappa shape index (κ1) is 12.6. The van der Waals surface area contributed by atoms with E-state index >= 15 is 0 Å². The van der Waals surface area contributed by atoms with Crippen molar-refractivity contribution in [2.75, 3.05) is 18.1 Å². The van der Waals surface area contributed by atoms with Crippen molar-refractivity contribution in [1.82, 2.24) is 4.90 Å². The van der Waals surface area contributed by atoms with E-state index in [-0.39, 0.29) is 36.9 Å². The van der Waals surface area contributed by atoms with Crippen molar-refractivity contribution in [3.05, 3.63) is 16.8 Å². The zero-order chi connectivity index (χ0) is 13.4. The molecule has 0 unspecified atom stereocenters.